The molecule has 0 saturated carbocycles. The first-order valence-corrected chi connectivity index (χ1v) is 5.85. The molecular formula is C12H14N4O2. The van der Waals surface area contributed by atoms with Crippen molar-refractivity contribution in [1.29, 1.82) is 0 Å². The Bertz CT molecular complexity index is 632. The normalized spacial score (nSPS) is 16.1. The molecule has 6 nitrogen and oxygen atoms in total. The number of nitrogens with zero attached hydrogens (tertiary/aromatic N) is 2. The quantitative estimate of drug-likeness (QED) is 0.758. The van der Waals surface area contributed by atoms with Gasteiger partial charge in [0, 0.05) is 19.2 Å². The van der Waals surface area contributed by atoms with Gasteiger partial charge in [-0.25, -0.2) is 0 Å². The van der Waals surface area contributed by atoms with Crippen LogP contribution in [0.2, 0.25) is 0 Å². The number of aromatic amines is 1. The number of nitrogen functional groups attached to an aromatic ring is 1. The Morgan fingerprint density at radius 3 is 2.89 bits per heavy atom. The first-order valence-electron chi connectivity index (χ1n) is 5.85. The van der Waals surface area contributed by atoms with Gasteiger partial charge in [0.2, 0.25) is 0 Å². The Hall–Kier alpha value is -2.08. The molecule has 0 spiro atoms. The molecule has 0 atom stereocenters. The van der Waals surface area contributed by atoms with Crippen molar-refractivity contribution in [3.63, 3.8) is 0 Å². The lowest BCUT2D eigenvalue weighted by Gasteiger charge is -2.28. The van der Waals surface area contributed by atoms with Crippen LogP contribution in [0.15, 0.2) is 23.1 Å². The molecule has 0 bridgehead atoms. The van der Waals surface area contributed by atoms with Gasteiger partial charge in [0.25, 0.3) is 5.56 Å². The van der Waals surface area contributed by atoms with Crippen LogP contribution in [0.4, 0.5) is 11.5 Å². The van der Waals surface area contributed by atoms with E-state index in [0.29, 0.717) is 29.8 Å². The molecule has 0 aliphatic carbocycles. The molecule has 0 radical (unpaired) electrons. The van der Waals surface area contributed by atoms with Crippen molar-refractivity contribution in [2.24, 2.45) is 0 Å². The lowest BCUT2D eigenvalue weighted by molar-refractivity contribution is 0.122. The fourth-order valence-electron chi connectivity index (χ4n) is 2.11. The number of fused-ring (bicyclic) bond motifs is 1. The summed E-state index contributed by atoms with van der Waals surface area (Å²) in [6, 6.07) is 3.52. The smallest absolute Gasteiger partial charge is 0.259 e. The summed E-state index contributed by atoms with van der Waals surface area (Å²) in [6.07, 6.45) is 1.56. The van der Waals surface area contributed by atoms with E-state index in [4.69, 9.17) is 10.5 Å². The number of H-pyrrole nitrogens is 1. The second-order valence-corrected chi connectivity index (χ2v) is 4.28. The highest BCUT2D eigenvalue weighted by Gasteiger charge is 2.13. The third-order valence-corrected chi connectivity index (χ3v) is 3.05. The molecular weight excluding hydrogens is 232 g/mol. The van der Waals surface area contributed by atoms with Crippen molar-refractivity contribution in [3.05, 3.63) is 28.7 Å². The first kappa shape index (κ1) is 11.0. The molecule has 2 aromatic rings. The zero-order chi connectivity index (χ0) is 12.5. The van der Waals surface area contributed by atoms with Gasteiger partial charge in [0.05, 0.1) is 36.0 Å². The van der Waals surface area contributed by atoms with E-state index in [9.17, 15) is 4.79 Å². The van der Waals surface area contributed by atoms with Crippen LogP contribution in [-0.4, -0.2) is 36.3 Å². The summed E-state index contributed by atoms with van der Waals surface area (Å²) in [5.74, 6) is 0.785. The van der Waals surface area contributed by atoms with Gasteiger partial charge >= 0.3 is 0 Å². The van der Waals surface area contributed by atoms with Gasteiger partial charge in [-0.2, -0.15) is 0 Å². The number of hydrogen-bond acceptors (Lipinski definition) is 5. The fraction of sp³-hybridized carbons (Fsp3) is 0.333. The minimum atomic E-state index is -0.159. The van der Waals surface area contributed by atoms with E-state index in [-0.39, 0.29) is 5.56 Å². The summed E-state index contributed by atoms with van der Waals surface area (Å²) in [7, 11) is 0. The zero-order valence-corrected chi connectivity index (χ0v) is 9.85. The SMILES string of the molecule is Nc1cnc2cc(N3CCOCC3)[nH]c(=O)c2c1. The molecule has 3 rings (SSSR count). The second-order valence-electron chi connectivity index (χ2n) is 4.28. The Labute approximate surface area is 103 Å². The average molecular weight is 246 g/mol. The minimum absolute atomic E-state index is 0.159. The Balaban J connectivity index is 2.09. The lowest BCUT2D eigenvalue weighted by atomic mass is 10.2. The van der Waals surface area contributed by atoms with Gasteiger partial charge in [-0.05, 0) is 6.07 Å². The Morgan fingerprint density at radius 2 is 2.11 bits per heavy atom. The van der Waals surface area contributed by atoms with E-state index in [1.165, 1.54) is 0 Å². The van der Waals surface area contributed by atoms with Crippen LogP contribution < -0.4 is 16.2 Å². The van der Waals surface area contributed by atoms with Crippen molar-refractivity contribution < 1.29 is 4.74 Å². The Kier molecular flexibility index (Phi) is 2.64. The molecule has 94 valence electrons. The van der Waals surface area contributed by atoms with E-state index in [1.54, 1.807) is 12.3 Å². The highest BCUT2D eigenvalue weighted by Crippen LogP contribution is 2.17. The number of morpholine rings is 1. The molecule has 1 aliphatic rings. The summed E-state index contributed by atoms with van der Waals surface area (Å²) < 4.78 is 5.29. The monoisotopic (exact) mass is 246 g/mol. The minimum Gasteiger partial charge on any atom is -0.397 e. The van der Waals surface area contributed by atoms with Gasteiger partial charge in [0.1, 0.15) is 5.82 Å². The third-order valence-electron chi connectivity index (χ3n) is 3.05. The van der Waals surface area contributed by atoms with Crippen molar-refractivity contribution >= 4 is 22.4 Å². The molecule has 0 unspecified atom stereocenters. The Morgan fingerprint density at radius 1 is 1.33 bits per heavy atom. The van der Waals surface area contributed by atoms with Crippen LogP contribution in [0.1, 0.15) is 0 Å². The number of ether oxygens (including phenoxy) is 1. The molecule has 1 saturated heterocycles. The maximum atomic E-state index is 12.0. The molecule has 0 aromatic carbocycles. The first-order chi connectivity index (χ1) is 8.74. The zero-order valence-electron chi connectivity index (χ0n) is 9.85. The van der Waals surface area contributed by atoms with Crippen LogP contribution in [0, 0.1) is 0 Å². The lowest BCUT2D eigenvalue weighted by Crippen LogP contribution is -2.37. The van der Waals surface area contributed by atoms with Crippen LogP contribution in [-0.2, 0) is 4.74 Å². The van der Waals surface area contributed by atoms with Gasteiger partial charge in [0.15, 0.2) is 0 Å². The van der Waals surface area contributed by atoms with E-state index in [1.807, 2.05) is 6.07 Å². The number of nitrogens with one attached hydrogen (secondary N) is 1. The van der Waals surface area contributed by atoms with Crippen molar-refractivity contribution in [2.75, 3.05) is 36.9 Å². The number of anilines is 2. The van der Waals surface area contributed by atoms with Crippen molar-refractivity contribution in [2.45, 2.75) is 0 Å². The standard InChI is InChI=1S/C12H14N4O2/c13-8-5-9-10(14-7-8)6-11(15-12(9)17)16-1-3-18-4-2-16/h5-7H,1-4,13H2,(H,15,17). The summed E-state index contributed by atoms with van der Waals surface area (Å²) >= 11 is 0. The highest BCUT2D eigenvalue weighted by molar-refractivity contribution is 5.82. The van der Waals surface area contributed by atoms with Crippen molar-refractivity contribution in [1.82, 2.24) is 9.97 Å². The topological polar surface area (TPSA) is 84.2 Å². The number of aromatic nitrogens is 2. The van der Waals surface area contributed by atoms with Crippen LogP contribution >= 0.6 is 0 Å². The van der Waals surface area contributed by atoms with E-state index >= 15 is 0 Å². The van der Waals surface area contributed by atoms with Gasteiger partial charge in [-0.1, -0.05) is 0 Å². The van der Waals surface area contributed by atoms with E-state index in [0.717, 1.165) is 18.9 Å². The molecule has 2 aromatic heterocycles. The van der Waals surface area contributed by atoms with E-state index in [2.05, 4.69) is 14.9 Å². The van der Waals surface area contributed by atoms with Gasteiger partial charge < -0.3 is 20.4 Å². The molecule has 3 heterocycles. The molecule has 1 aliphatic heterocycles. The van der Waals surface area contributed by atoms with Crippen LogP contribution in [0.25, 0.3) is 10.9 Å². The molecule has 1 fully saturated rings. The number of pyridine rings is 2. The summed E-state index contributed by atoms with van der Waals surface area (Å²) in [5.41, 5.74) is 6.63. The van der Waals surface area contributed by atoms with Gasteiger partial charge in [-0.3, -0.25) is 9.78 Å². The molecule has 18 heavy (non-hydrogen) atoms. The highest BCUT2D eigenvalue weighted by atomic mass is 16.5. The predicted octanol–water partition coefficient (Wildman–Crippen LogP) is 0.342. The third kappa shape index (κ3) is 1.91. The number of hydrogen-bond donors (Lipinski definition) is 2. The average Bonchev–Trinajstić information content (AvgIpc) is 2.40. The second kappa shape index (κ2) is 4.30. The fourth-order valence-corrected chi connectivity index (χ4v) is 2.11. The summed E-state index contributed by atoms with van der Waals surface area (Å²) in [4.78, 5) is 21.1. The summed E-state index contributed by atoms with van der Waals surface area (Å²) in [5, 5.41) is 0.520. The van der Waals surface area contributed by atoms with E-state index < -0.39 is 0 Å². The number of rotatable bonds is 1. The molecule has 6 heteroatoms. The maximum absolute atomic E-state index is 12.0. The van der Waals surface area contributed by atoms with Gasteiger partial charge in [-0.15, -0.1) is 0 Å². The maximum Gasteiger partial charge on any atom is 0.259 e. The largest absolute Gasteiger partial charge is 0.397 e. The number of nitrogens with two attached hydrogens (primary N) is 1. The molecule has 3 N–H and O–H groups in total. The predicted molar refractivity (Wildman–Crippen MR) is 69.8 cm³/mol. The van der Waals surface area contributed by atoms with Crippen molar-refractivity contribution in [3.8, 4) is 0 Å². The van der Waals surface area contributed by atoms with Crippen LogP contribution in [0.3, 0.4) is 0 Å². The summed E-state index contributed by atoms with van der Waals surface area (Å²) in [6.45, 7) is 2.90. The van der Waals surface area contributed by atoms with Crippen LogP contribution in [0.5, 0.6) is 0 Å². The molecule has 0 amide bonds.